The van der Waals surface area contributed by atoms with E-state index in [1.807, 2.05) is 6.26 Å². The van der Waals surface area contributed by atoms with Crippen LogP contribution in [-0.2, 0) is 11.3 Å². The lowest BCUT2D eigenvalue weighted by Gasteiger charge is -2.07. The number of rotatable bonds is 8. The SMILES string of the molecule is COc1ccc(-c2noc(-c3c(SC)nn(CC(=O)Nc4ccc(F)c(Cl)c4)c3N)n2)cc1OC. The first-order valence-corrected chi connectivity index (χ1v) is 11.7. The number of halogens is 2. The molecule has 0 saturated heterocycles. The molecule has 0 fully saturated rings. The molecule has 13 heteroatoms. The van der Waals surface area contributed by atoms with Crippen molar-refractivity contribution in [2.24, 2.45) is 0 Å². The van der Waals surface area contributed by atoms with Gasteiger partial charge in [-0.2, -0.15) is 10.1 Å². The maximum atomic E-state index is 13.4. The average molecular weight is 519 g/mol. The predicted octanol–water partition coefficient (Wildman–Crippen LogP) is 4.35. The summed E-state index contributed by atoms with van der Waals surface area (Å²) in [4.78, 5) is 17.0. The van der Waals surface area contributed by atoms with Gasteiger partial charge in [0.15, 0.2) is 11.5 Å². The summed E-state index contributed by atoms with van der Waals surface area (Å²) in [6.07, 6.45) is 1.81. The number of amides is 1. The summed E-state index contributed by atoms with van der Waals surface area (Å²) in [5.41, 5.74) is 7.70. The second kappa shape index (κ2) is 10.2. The Morgan fingerprint density at radius 3 is 2.69 bits per heavy atom. The van der Waals surface area contributed by atoms with E-state index in [0.717, 1.165) is 6.07 Å². The summed E-state index contributed by atoms with van der Waals surface area (Å²) in [6.45, 7) is -0.203. The molecule has 182 valence electrons. The van der Waals surface area contributed by atoms with E-state index in [0.29, 0.717) is 39.2 Å². The molecule has 2 heterocycles. The number of nitrogens with one attached hydrogen (secondary N) is 1. The van der Waals surface area contributed by atoms with E-state index in [-0.39, 0.29) is 23.3 Å². The number of hydrogen-bond donors (Lipinski definition) is 2. The van der Waals surface area contributed by atoms with Crippen molar-refractivity contribution in [2.45, 2.75) is 11.6 Å². The quantitative estimate of drug-likeness (QED) is 0.327. The van der Waals surface area contributed by atoms with E-state index in [2.05, 4.69) is 20.6 Å². The van der Waals surface area contributed by atoms with Crippen molar-refractivity contribution in [3.63, 3.8) is 0 Å². The molecule has 2 aromatic heterocycles. The van der Waals surface area contributed by atoms with Crippen LogP contribution in [0.3, 0.4) is 0 Å². The molecule has 0 aliphatic heterocycles. The number of nitrogens with two attached hydrogens (primary N) is 1. The maximum Gasteiger partial charge on any atom is 0.264 e. The Balaban J connectivity index is 1.59. The zero-order chi connectivity index (χ0) is 25.1. The molecule has 0 radical (unpaired) electrons. The minimum absolute atomic E-state index is 0.102. The number of thioether (sulfide) groups is 1. The van der Waals surface area contributed by atoms with Gasteiger partial charge in [-0.25, -0.2) is 9.07 Å². The van der Waals surface area contributed by atoms with Crippen molar-refractivity contribution in [3.05, 3.63) is 47.2 Å². The third kappa shape index (κ3) is 5.03. The highest BCUT2D eigenvalue weighted by atomic mass is 35.5. The Bertz CT molecular complexity index is 1390. The molecular formula is C22H20ClFN6O4S. The zero-order valence-corrected chi connectivity index (χ0v) is 20.4. The monoisotopic (exact) mass is 518 g/mol. The number of nitrogen functional groups attached to an aromatic ring is 1. The van der Waals surface area contributed by atoms with Crippen molar-refractivity contribution in [1.29, 1.82) is 0 Å². The van der Waals surface area contributed by atoms with Crippen LogP contribution in [0.2, 0.25) is 5.02 Å². The molecule has 35 heavy (non-hydrogen) atoms. The number of anilines is 2. The van der Waals surface area contributed by atoms with Gasteiger partial charge in [0.1, 0.15) is 28.8 Å². The summed E-state index contributed by atoms with van der Waals surface area (Å²) in [7, 11) is 3.08. The molecule has 0 saturated carbocycles. The predicted molar refractivity (Wildman–Crippen MR) is 130 cm³/mol. The number of carbonyl (C=O) groups excluding carboxylic acids is 1. The molecule has 1 amide bonds. The summed E-state index contributed by atoms with van der Waals surface area (Å²) in [5.74, 6) is 0.696. The van der Waals surface area contributed by atoms with E-state index < -0.39 is 11.7 Å². The normalized spacial score (nSPS) is 10.9. The minimum atomic E-state index is -0.581. The summed E-state index contributed by atoms with van der Waals surface area (Å²) < 4.78 is 30.7. The molecule has 0 unspecified atom stereocenters. The largest absolute Gasteiger partial charge is 0.493 e. The molecule has 0 atom stereocenters. The second-order valence-electron chi connectivity index (χ2n) is 7.10. The summed E-state index contributed by atoms with van der Waals surface area (Å²) in [6, 6.07) is 9.10. The third-order valence-electron chi connectivity index (χ3n) is 4.93. The van der Waals surface area contributed by atoms with Gasteiger partial charge < -0.3 is 25.0 Å². The van der Waals surface area contributed by atoms with E-state index in [4.69, 9.17) is 31.3 Å². The van der Waals surface area contributed by atoms with Crippen LogP contribution in [0.5, 0.6) is 11.5 Å². The van der Waals surface area contributed by atoms with Gasteiger partial charge >= 0.3 is 0 Å². The Labute approximate surface area is 208 Å². The summed E-state index contributed by atoms with van der Waals surface area (Å²) >= 11 is 7.08. The van der Waals surface area contributed by atoms with Crippen LogP contribution in [-0.4, -0.2) is 46.3 Å². The Kier molecular flexibility index (Phi) is 7.12. The van der Waals surface area contributed by atoms with Gasteiger partial charge in [-0.15, -0.1) is 11.8 Å². The minimum Gasteiger partial charge on any atom is -0.493 e. The lowest BCUT2D eigenvalue weighted by Crippen LogP contribution is -2.20. The van der Waals surface area contributed by atoms with Crippen molar-refractivity contribution in [1.82, 2.24) is 19.9 Å². The fourth-order valence-electron chi connectivity index (χ4n) is 3.24. The second-order valence-corrected chi connectivity index (χ2v) is 8.30. The fourth-order valence-corrected chi connectivity index (χ4v) is 4.00. The van der Waals surface area contributed by atoms with Crippen molar-refractivity contribution < 1.29 is 23.2 Å². The lowest BCUT2D eigenvalue weighted by atomic mass is 10.2. The highest BCUT2D eigenvalue weighted by Crippen LogP contribution is 2.36. The van der Waals surface area contributed by atoms with Crippen molar-refractivity contribution >= 4 is 40.8 Å². The van der Waals surface area contributed by atoms with Gasteiger partial charge in [0.2, 0.25) is 11.7 Å². The van der Waals surface area contributed by atoms with Gasteiger partial charge in [-0.05, 0) is 42.7 Å². The third-order valence-corrected chi connectivity index (χ3v) is 5.89. The van der Waals surface area contributed by atoms with Gasteiger partial charge in [0, 0.05) is 11.3 Å². The molecule has 0 bridgehead atoms. The lowest BCUT2D eigenvalue weighted by molar-refractivity contribution is -0.116. The molecule has 4 rings (SSSR count). The van der Waals surface area contributed by atoms with E-state index in [9.17, 15) is 9.18 Å². The number of benzene rings is 2. The van der Waals surface area contributed by atoms with Gasteiger partial charge in [0.25, 0.3) is 5.89 Å². The van der Waals surface area contributed by atoms with Gasteiger partial charge in [-0.3, -0.25) is 4.79 Å². The van der Waals surface area contributed by atoms with Crippen molar-refractivity contribution in [2.75, 3.05) is 31.5 Å². The Morgan fingerprint density at radius 1 is 1.23 bits per heavy atom. The first-order chi connectivity index (χ1) is 16.8. The molecule has 0 aliphatic rings. The van der Waals surface area contributed by atoms with Crippen LogP contribution >= 0.6 is 23.4 Å². The smallest absolute Gasteiger partial charge is 0.264 e. The highest BCUT2D eigenvalue weighted by molar-refractivity contribution is 7.98. The zero-order valence-electron chi connectivity index (χ0n) is 18.8. The van der Waals surface area contributed by atoms with Gasteiger partial charge in [-0.1, -0.05) is 16.8 Å². The topological polar surface area (TPSA) is 130 Å². The van der Waals surface area contributed by atoms with E-state index >= 15 is 0 Å². The van der Waals surface area contributed by atoms with Crippen LogP contribution < -0.4 is 20.5 Å². The van der Waals surface area contributed by atoms with Crippen LogP contribution in [0.1, 0.15) is 0 Å². The summed E-state index contributed by atoms with van der Waals surface area (Å²) in [5, 5.41) is 11.5. The van der Waals surface area contributed by atoms with Crippen LogP contribution in [0.4, 0.5) is 15.9 Å². The average Bonchev–Trinajstić information content (AvgIpc) is 3.45. The molecule has 10 nitrogen and oxygen atoms in total. The fraction of sp³-hybridized carbons (Fsp3) is 0.182. The van der Waals surface area contributed by atoms with Crippen LogP contribution in [0.25, 0.3) is 22.8 Å². The maximum absolute atomic E-state index is 13.4. The van der Waals surface area contributed by atoms with Crippen LogP contribution in [0, 0.1) is 5.82 Å². The number of nitrogens with zero attached hydrogens (tertiary/aromatic N) is 4. The molecular weight excluding hydrogens is 499 g/mol. The van der Waals surface area contributed by atoms with Crippen LogP contribution in [0.15, 0.2) is 45.9 Å². The number of methoxy groups -OCH3 is 2. The first-order valence-electron chi connectivity index (χ1n) is 10.1. The number of aromatic nitrogens is 4. The number of carbonyl (C=O) groups is 1. The number of hydrogen-bond acceptors (Lipinski definition) is 9. The Morgan fingerprint density at radius 2 is 2.00 bits per heavy atom. The molecule has 0 spiro atoms. The van der Waals surface area contributed by atoms with E-state index in [1.165, 1.54) is 35.7 Å². The van der Waals surface area contributed by atoms with Gasteiger partial charge in [0.05, 0.1) is 19.2 Å². The highest BCUT2D eigenvalue weighted by Gasteiger charge is 2.24. The molecule has 4 aromatic rings. The number of ether oxygens (including phenoxy) is 2. The standard InChI is InChI=1S/C22H20ClFN6O4S/c1-32-15-7-4-11(8-16(15)33-2)20-27-21(34-29-20)18-19(25)30(28-22(18)35-3)10-17(31)26-12-5-6-14(24)13(23)9-12/h4-9H,10,25H2,1-3H3,(H,26,31). The Hall–Kier alpha value is -3.77. The molecule has 0 aliphatic carbocycles. The molecule has 3 N–H and O–H groups in total. The van der Waals surface area contributed by atoms with E-state index in [1.54, 1.807) is 25.3 Å². The first kappa shape index (κ1) is 24.4. The molecule has 2 aromatic carbocycles. The van der Waals surface area contributed by atoms with Crippen molar-refractivity contribution in [3.8, 4) is 34.3 Å².